The molecule has 0 radical (unpaired) electrons. The monoisotopic (exact) mass is 238 g/mol. The maximum Gasteiger partial charge on any atom is 0.251 e. The molecule has 3 nitrogen and oxygen atoms in total. The van der Waals surface area contributed by atoms with Crippen LogP contribution in [0.3, 0.4) is 0 Å². The Balaban J connectivity index is 2.13. The van der Waals surface area contributed by atoms with Gasteiger partial charge in [-0.2, -0.15) is 0 Å². The Morgan fingerprint density at radius 1 is 1.35 bits per heavy atom. The normalized spacial score (nSPS) is 14.2. The first-order valence-corrected chi connectivity index (χ1v) is 5.23. The van der Waals surface area contributed by atoms with Gasteiger partial charge in [0.25, 0.3) is 5.91 Å². The lowest BCUT2D eigenvalue weighted by Gasteiger charge is -2.21. The minimum Gasteiger partial charge on any atom is -0.320 e. The van der Waals surface area contributed by atoms with Gasteiger partial charge in [-0.15, -0.1) is 0 Å². The molecule has 1 saturated heterocycles. The fraction of sp³-hybridized carbons (Fsp3) is 0.250. The quantitative estimate of drug-likeness (QED) is 0.772. The first-order chi connectivity index (χ1) is 8.08. The molecule has 1 aliphatic rings. The Bertz CT molecular complexity index is 491. The van der Waals surface area contributed by atoms with Gasteiger partial charge >= 0.3 is 0 Å². The van der Waals surface area contributed by atoms with Crippen LogP contribution in [0, 0.1) is 11.6 Å². The molecule has 5 heteroatoms. The summed E-state index contributed by atoms with van der Waals surface area (Å²) in [6, 6.07) is 3.05. The summed E-state index contributed by atoms with van der Waals surface area (Å²) in [7, 11) is 0. The van der Waals surface area contributed by atoms with Gasteiger partial charge in [0.05, 0.1) is 5.69 Å². The third-order valence-corrected chi connectivity index (χ3v) is 2.73. The average Bonchev–Trinajstić information content (AvgIpc) is 2.19. The molecule has 1 amide bonds. The highest BCUT2D eigenvalue weighted by molar-refractivity contribution is 6.04. The van der Waals surface area contributed by atoms with Crippen molar-refractivity contribution in [2.75, 3.05) is 18.4 Å². The standard InChI is InChI=1S/C12H12F2N2O/c1-7(8-5-15-6-8)12(17)16-11-3-2-9(13)4-10(11)14/h2-4,15H,5-6H2,1H3,(H,16,17). The van der Waals surface area contributed by atoms with E-state index >= 15 is 0 Å². The molecule has 1 aliphatic heterocycles. The van der Waals surface area contributed by atoms with Crippen LogP contribution in [0.15, 0.2) is 29.3 Å². The highest BCUT2D eigenvalue weighted by Gasteiger charge is 2.17. The third-order valence-electron chi connectivity index (χ3n) is 2.73. The molecule has 0 saturated carbocycles. The van der Waals surface area contributed by atoms with Gasteiger partial charge in [-0.1, -0.05) is 0 Å². The van der Waals surface area contributed by atoms with Crippen molar-refractivity contribution >= 4 is 11.6 Å². The van der Waals surface area contributed by atoms with E-state index in [0.29, 0.717) is 18.7 Å². The number of anilines is 1. The highest BCUT2D eigenvalue weighted by atomic mass is 19.1. The van der Waals surface area contributed by atoms with Crippen molar-refractivity contribution in [1.29, 1.82) is 0 Å². The maximum atomic E-state index is 13.3. The number of carbonyl (C=O) groups excluding carboxylic acids is 1. The van der Waals surface area contributed by atoms with Gasteiger partial charge in [0.2, 0.25) is 0 Å². The van der Waals surface area contributed by atoms with Gasteiger partial charge in [-0.05, 0) is 24.6 Å². The summed E-state index contributed by atoms with van der Waals surface area (Å²) in [6.07, 6.45) is 0. The lowest BCUT2D eigenvalue weighted by atomic mass is 10.0. The van der Waals surface area contributed by atoms with E-state index in [9.17, 15) is 13.6 Å². The van der Waals surface area contributed by atoms with Crippen molar-refractivity contribution in [1.82, 2.24) is 5.32 Å². The first kappa shape index (κ1) is 11.7. The van der Waals surface area contributed by atoms with E-state index in [1.54, 1.807) is 6.92 Å². The van der Waals surface area contributed by atoms with Gasteiger partial charge in [0, 0.05) is 24.7 Å². The molecule has 1 heterocycles. The summed E-state index contributed by atoms with van der Waals surface area (Å²) >= 11 is 0. The van der Waals surface area contributed by atoms with Gasteiger partial charge in [0.15, 0.2) is 0 Å². The van der Waals surface area contributed by atoms with Crippen LogP contribution in [0.5, 0.6) is 0 Å². The zero-order valence-electron chi connectivity index (χ0n) is 9.31. The van der Waals surface area contributed by atoms with Crippen LogP contribution < -0.4 is 10.6 Å². The number of hydrogen-bond acceptors (Lipinski definition) is 2. The molecule has 0 spiro atoms. The topological polar surface area (TPSA) is 41.1 Å². The summed E-state index contributed by atoms with van der Waals surface area (Å²) < 4.78 is 26.0. The number of hydrogen-bond donors (Lipinski definition) is 2. The number of halogens is 2. The molecule has 0 aliphatic carbocycles. The second-order valence-electron chi connectivity index (χ2n) is 3.91. The molecule has 1 aromatic rings. The molecule has 0 bridgehead atoms. The smallest absolute Gasteiger partial charge is 0.251 e. The largest absolute Gasteiger partial charge is 0.320 e. The van der Waals surface area contributed by atoms with Crippen molar-refractivity contribution < 1.29 is 13.6 Å². The number of benzene rings is 1. The second-order valence-corrected chi connectivity index (χ2v) is 3.91. The molecular weight excluding hydrogens is 226 g/mol. The van der Waals surface area contributed by atoms with Gasteiger partial charge in [-0.3, -0.25) is 4.79 Å². The van der Waals surface area contributed by atoms with Crippen LogP contribution in [0.1, 0.15) is 6.92 Å². The molecular formula is C12H12F2N2O. The lowest BCUT2D eigenvalue weighted by Crippen LogP contribution is -2.36. The van der Waals surface area contributed by atoms with E-state index in [1.165, 1.54) is 6.07 Å². The summed E-state index contributed by atoms with van der Waals surface area (Å²) in [5.41, 5.74) is 1.57. The summed E-state index contributed by atoms with van der Waals surface area (Å²) in [5.74, 6) is -1.80. The molecule has 90 valence electrons. The Labute approximate surface area is 97.5 Å². The molecule has 1 aromatic carbocycles. The van der Waals surface area contributed by atoms with Crippen molar-refractivity contribution in [3.8, 4) is 0 Å². The predicted octanol–water partition coefficient (Wildman–Crippen LogP) is 1.82. The highest BCUT2D eigenvalue weighted by Crippen LogP contribution is 2.17. The molecule has 2 N–H and O–H groups in total. The molecule has 17 heavy (non-hydrogen) atoms. The summed E-state index contributed by atoms with van der Waals surface area (Å²) in [5, 5.41) is 5.44. The van der Waals surface area contributed by atoms with E-state index in [0.717, 1.165) is 17.7 Å². The van der Waals surface area contributed by atoms with E-state index in [2.05, 4.69) is 10.6 Å². The Morgan fingerprint density at radius 2 is 2.06 bits per heavy atom. The molecule has 0 atom stereocenters. The summed E-state index contributed by atoms with van der Waals surface area (Å²) in [4.78, 5) is 11.7. The zero-order chi connectivity index (χ0) is 12.4. The lowest BCUT2D eigenvalue weighted by molar-refractivity contribution is -0.112. The van der Waals surface area contributed by atoms with E-state index in [-0.39, 0.29) is 11.6 Å². The van der Waals surface area contributed by atoms with Crippen molar-refractivity contribution in [3.05, 3.63) is 41.0 Å². The first-order valence-electron chi connectivity index (χ1n) is 5.23. The van der Waals surface area contributed by atoms with Gasteiger partial charge in [-0.25, -0.2) is 8.78 Å². The SMILES string of the molecule is CC(C(=O)Nc1ccc(F)cc1F)=C1CNC1. The van der Waals surface area contributed by atoms with Crippen LogP contribution in [-0.4, -0.2) is 19.0 Å². The second kappa shape index (κ2) is 4.63. The van der Waals surface area contributed by atoms with Crippen molar-refractivity contribution in [2.24, 2.45) is 0 Å². The fourth-order valence-corrected chi connectivity index (χ4v) is 1.48. The minimum absolute atomic E-state index is 0.0105. The third kappa shape index (κ3) is 2.50. The van der Waals surface area contributed by atoms with Crippen LogP contribution in [0.25, 0.3) is 0 Å². The van der Waals surface area contributed by atoms with E-state index in [1.807, 2.05) is 0 Å². The van der Waals surface area contributed by atoms with Crippen LogP contribution >= 0.6 is 0 Å². The van der Waals surface area contributed by atoms with Crippen LogP contribution in [-0.2, 0) is 4.79 Å². The van der Waals surface area contributed by atoms with Crippen LogP contribution in [0.2, 0.25) is 0 Å². The predicted molar refractivity (Wildman–Crippen MR) is 60.6 cm³/mol. The van der Waals surface area contributed by atoms with Crippen LogP contribution in [0.4, 0.5) is 14.5 Å². The van der Waals surface area contributed by atoms with E-state index in [4.69, 9.17) is 0 Å². The number of nitrogens with one attached hydrogen (secondary N) is 2. The fourth-order valence-electron chi connectivity index (χ4n) is 1.48. The maximum absolute atomic E-state index is 13.3. The van der Waals surface area contributed by atoms with Gasteiger partial charge in [0.1, 0.15) is 11.6 Å². The summed E-state index contributed by atoms with van der Waals surface area (Å²) in [6.45, 7) is 3.06. The molecule has 2 rings (SSSR count). The Hall–Kier alpha value is -1.75. The molecule has 0 aromatic heterocycles. The number of rotatable bonds is 2. The number of carbonyl (C=O) groups is 1. The molecule has 1 fully saturated rings. The van der Waals surface area contributed by atoms with E-state index < -0.39 is 11.6 Å². The Morgan fingerprint density at radius 3 is 2.59 bits per heavy atom. The zero-order valence-corrected chi connectivity index (χ0v) is 9.31. The number of amides is 1. The van der Waals surface area contributed by atoms with Gasteiger partial charge < -0.3 is 10.6 Å². The average molecular weight is 238 g/mol. The Kier molecular flexibility index (Phi) is 3.19. The van der Waals surface area contributed by atoms with Crippen molar-refractivity contribution in [2.45, 2.75) is 6.92 Å². The van der Waals surface area contributed by atoms with Crippen molar-refractivity contribution in [3.63, 3.8) is 0 Å². The molecule has 0 unspecified atom stereocenters. The minimum atomic E-state index is -0.775.